The lowest BCUT2D eigenvalue weighted by Crippen LogP contribution is -2.36. The van der Waals surface area contributed by atoms with Gasteiger partial charge in [-0.25, -0.2) is 4.79 Å². The zero-order valence-electron chi connectivity index (χ0n) is 12.2. The molecule has 0 aliphatic carbocycles. The number of benzene rings is 1. The summed E-state index contributed by atoms with van der Waals surface area (Å²) in [5, 5.41) is 8.98. The van der Waals surface area contributed by atoms with Crippen LogP contribution in [-0.4, -0.2) is 23.1 Å². The van der Waals surface area contributed by atoms with Crippen molar-refractivity contribution < 1.29 is 9.53 Å². The standard InChI is InChI=1S/C16H20N2O2/c1-16(2,3)20-15(19)18-9-5-8-14(18)13-7-4-6-12(10-13)11-17/h4,6-7,10,14H,5,8-9H2,1-3H3/t14-/m0/s1. The van der Waals surface area contributed by atoms with E-state index in [0.29, 0.717) is 12.1 Å². The number of amides is 1. The molecule has 0 N–H and O–H groups in total. The topological polar surface area (TPSA) is 53.3 Å². The molecule has 0 radical (unpaired) electrons. The van der Waals surface area contributed by atoms with Gasteiger partial charge >= 0.3 is 6.09 Å². The second-order valence-corrected chi connectivity index (χ2v) is 6.07. The Hall–Kier alpha value is -2.02. The summed E-state index contributed by atoms with van der Waals surface area (Å²) in [7, 11) is 0. The summed E-state index contributed by atoms with van der Waals surface area (Å²) in [5.74, 6) is 0. The quantitative estimate of drug-likeness (QED) is 0.784. The molecule has 1 aromatic carbocycles. The Kier molecular flexibility index (Phi) is 3.99. The van der Waals surface area contributed by atoms with Crippen molar-refractivity contribution in [2.24, 2.45) is 0 Å². The Balaban J connectivity index is 2.19. The summed E-state index contributed by atoms with van der Waals surface area (Å²) in [6, 6.07) is 9.61. The first-order valence-electron chi connectivity index (χ1n) is 6.90. The molecule has 1 saturated heterocycles. The zero-order valence-corrected chi connectivity index (χ0v) is 12.2. The minimum atomic E-state index is -0.487. The number of rotatable bonds is 1. The van der Waals surface area contributed by atoms with Gasteiger partial charge in [0, 0.05) is 6.54 Å². The van der Waals surface area contributed by atoms with Crippen molar-refractivity contribution in [3.63, 3.8) is 0 Å². The molecule has 1 aliphatic rings. The lowest BCUT2D eigenvalue weighted by molar-refractivity contribution is 0.0224. The molecule has 20 heavy (non-hydrogen) atoms. The van der Waals surface area contributed by atoms with Gasteiger partial charge in [0.1, 0.15) is 5.60 Å². The van der Waals surface area contributed by atoms with Gasteiger partial charge in [-0.1, -0.05) is 12.1 Å². The Morgan fingerprint density at radius 1 is 1.45 bits per heavy atom. The Morgan fingerprint density at radius 2 is 2.20 bits per heavy atom. The average molecular weight is 272 g/mol. The summed E-state index contributed by atoms with van der Waals surface area (Å²) in [6.07, 6.45) is 1.59. The van der Waals surface area contributed by atoms with Crippen LogP contribution in [0.1, 0.15) is 50.8 Å². The van der Waals surface area contributed by atoms with Gasteiger partial charge < -0.3 is 9.64 Å². The predicted molar refractivity (Wildman–Crippen MR) is 76.1 cm³/mol. The molecule has 106 valence electrons. The van der Waals surface area contributed by atoms with Gasteiger partial charge in [0.05, 0.1) is 17.7 Å². The van der Waals surface area contributed by atoms with Gasteiger partial charge in [-0.3, -0.25) is 0 Å². The molecule has 0 aromatic heterocycles. The number of carbonyl (C=O) groups excluding carboxylic acids is 1. The third kappa shape index (κ3) is 3.30. The van der Waals surface area contributed by atoms with Crippen LogP contribution in [0.25, 0.3) is 0 Å². The van der Waals surface area contributed by atoms with Gasteiger partial charge in [-0.2, -0.15) is 5.26 Å². The predicted octanol–water partition coefficient (Wildman–Crippen LogP) is 3.63. The fourth-order valence-electron chi connectivity index (χ4n) is 2.47. The van der Waals surface area contributed by atoms with E-state index in [1.807, 2.05) is 39.0 Å². The van der Waals surface area contributed by atoms with Crippen molar-refractivity contribution >= 4 is 6.09 Å². The smallest absolute Gasteiger partial charge is 0.410 e. The highest BCUT2D eigenvalue weighted by molar-refractivity contribution is 5.69. The van der Waals surface area contributed by atoms with Crippen molar-refractivity contribution in [2.75, 3.05) is 6.54 Å². The van der Waals surface area contributed by atoms with E-state index >= 15 is 0 Å². The highest BCUT2D eigenvalue weighted by Crippen LogP contribution is 2.33. The average Bonchev–Trinajstić information content (AvgIpc) is 2.86. The molecule has 1 atom stereocenters. The van der Waals surface area contributed by atoms with E-state index in [2.05, 4.69) is 6.07 Å². The summed E-state index contributed by atoms with van der Waals surface area (Å²) in [4.78, 5) is 14.0. The van der Waals surface area contributed by atoms with Crippen LogP contribution in [0.5, 0.6) is 0 Å². The third-order valence-electron chi connectivity index (χ3n) is 3.28. The van der Waals surface area contributed by atoms with E-state index in [0.717, 1.165) is 18.4 Å². The van der Waals surface area contributed by atoms with E-state index in [4.69, 9.17) is 10.00 Å². The van der Waals surface area contributed by atoms with Gasteiger partial charge in [-0.15, -0.1) is 0 Å². The van der Waals surface area contributed by atoms with Crippen LogP contribution in [0.4, 0.5) is 4.79 Å². The fourth-order valence-corrected chi connectivity index (χ4v) is 2.47. The second-order valence-electron chi connectivity index (χ2n) is 6.07. The van der Waals surface area contributed by atoms with E-state index < -0.39 is 5.60 Å². The number of likely N-dealkylation sites (tertiary alicyclic amines) is 1. The van der Waals surface area contributed by atoms with Crippen molar-refractivity contribution in [3.8, 4) is 6.07 Å². The normalized spacial score (nSPS) is 18.7. The van der Waals surface area contributed by atoms with Crippen LogP contribution >= 0.6 is 0 Å². The molecular weight excluding hydrogens is 252 g/mol. The number of ether oxygens (including phenoxy) is 1. The summed E-state index contributed by atoms with van der Waals surface area (Å²) in [5.41, 5.74) is 1.14. The maximum absolute atomic E-state index is 12.2. The first-order valence-corrected chi connectivity index (χ1v) is 6.90. The second kappa shape index (κ2) is 5.54. The molecule has 1 fully saturated rings. The van der Waals surface area contributed by atoms with E-state index in [1.54, 1.807) is 11.0 Å². The number of hydrogen-bond acceptors (Lipinski definition) is 3. The molecule has 0 spiro atoms. The van der Waals surface area contributed by atoms with Crippen molar-refractivity contribution in [2.45, 2.75) is 45.3 Å². The highest BCUT2D eigenvalue weighted by atomic mass is 16.6. The lowest BCUT2D eigenvalue weighted by atomic mass is 10.0. The van der Waals surface area contributed by atoms with Crippen LogP contribution in [-0.2, 0) is 4.74 Å². The van der Waals surface area contributed by atoms with Gasteiger partial charge in [-0.05, 0) is 51.3 Å². The van der Waals surface area contributed by atoms with Crippen LogP contribution in [0, 0.1) is 11.3 Å². The Labute approximate surface area is 120 Å². The largest absolute Gasteiger partial charge is 0.444 e. The molecular formula is C16H20N2O2. The zero-order chi connectivity index (χ0) is 14.8. The van der Waals surface area contributed by atoms with Gasteiger partial charge in [0.15, 0.2) is 0 Å². The van der Waals surface area contributed by atoms with Crippen molar-refractivity contribution in [1.29, 1.82) is 5.26 Å². The third-order valence-corrected chi connectivity index (χ3v) is 3.28. The molecule has 1 amide bonds. The molecule has 1 aromatic rings. The van der Waals surface area contributed by atoms with Gasteiger partial charge in [0.25, 0.3) is 0 Å². The van der Waals surface area contributed by atoms with Crippen LogP contribution in [0.3, 0.4) is 0 Å². The number of nitriles is 1. The van der Waals surface area contributed by atoms with Crippen LogP contribution in [0.15, 0.2) is 24.3 Å². The summed E-state index contributed by atoms with van der Waals surface area (Å²) < 4.78 is 5.45. The molecule has 4 nitrogen and oxygen atoms in total. The maximum atomic E-state index is 12.2. The van der Waals surface area contributed by atoms with Crippen LogP contribution < -0.4 is 0 Å². The molecule has 0 bridgehead atoms. The molecule has 1 aliphatic heterocycles. The van der Waals surface area contributed by atoms with E-state index in [1.165, 1.54) is 0 Å². The molecule has 0 unspecified atom stereocenters. The Morgan fingerprint density at radius 3 is 2.85 bits per heavy atom. The SMILES string of the molecule is CC(C)(C)OC(=O)N1CCC[C@H]1c1cccc(C#N)c1. The number of hydrogen-bond donors (Lipinski definition) is 0. The number of nitrogens with zero attached hydrogens (tertiary/aromatic N) is 2. The monoisotopic (exact) mass is 272 g/mol. The molecule has 0 saturated carbocycles. The highest BCUT2D eigenvalue weighted by Gasteiger charge is 2.33. The molecule has 1 heterocycles. The first kappa shape index (κ1) is 14.4. The summed E-state index contributed by atoms with van der Waals surface area (Å²) in [6.45, 7) is 6.31. The first-order chi connectivity index (χ1) is 9.40. The van der Waals surface area contributed by atoms with E-state index in [-0.39, 0.29) is 12.1 Å². The molecule has 4 heteroatoms. The Bertz CT molecular complexity index is 540. The maximum Gasteiger partial charge on any atom is 0.410 e. The minimum Gasteiger partial charge on any atom is -0.444 e. The minimum absolute atomic E-state index is 0.0122. The van der Waals surface area contributed by atoms with Gasteiger partial charge in [0.2, 0.25) is 0 Å². The summed E-state index contributed by atoms with van der Waals surface area (Å²) >= 11 is 0. The van der Waals surface area contributed by atoms with Crippen LogP contribution in [0.2, 0.25) is 0 Å². The lowest BCUT2D eigenvalue weighted by Gasteiger charge is -2.28. The fraction of sp³-hybridized carbons (Fsp3) is 0.500. The number of carbonyl (C=O) groups is 1. The van der Waals surface area contributed by atoms with Crippen molar-refractivity contribution in [1.82, 2.24) is 4.90 Å². The van der Waals surface area contributed by atoms with E-state index in [9.17, 15) is 4.79 Å². The van der Waals surface area contributed by atoms with Crippen molar-refractivity contribution in [3.05, 3.63) is 35.4 Å². The molecule has 2 rings (SSSR count).